The van der Waals surface area contributed by atoms with E-state index >= 15 is 0 Å². The fourth-order valence-corrected chi connectivity index (χ4v) is 3.05. The topological polar surface area (TPSA) is 30.7 Å². The number of hydrogen-bond acceptors (Lipinski definition) is 2. The average Bonchev–Trinajstić information content (AvgIpc) is 2.58. The van der Waals surface area contributed by atoms with Gasteiger partial charge in [0.2, 0.25) is 0 Å². The van der Waals surface area contributed by atoms with Crippen LogP contribution in [0, 0.1) is 12.3 Å². The molecule has 0 amide bonds. The van der Waals surface area contributed by atoms with E-state index in [1.165, 1.54) is 18.4 Å². The molecule has 0 N–H and O–H groups in total. The maximum absolute atomic E-state index is 4.31. The number of benzene rings is 1. The minimum absolute atomic E-state index is 0.463. The summed E-state index contributed by atoms with van der Waals surface area (Å²) in [7, 11) is 0. The van der Waals surface area contributed by atoms with Gasteiger partial charge in [0.25, 0.3) is 0 Å². The SMILES string of the molecule is Cc1cc2nnn(C3CC(C)(C)C3)c2cc1Br. The van der Waals surface area contributed by atoms with Gasteiger partial charge in [0.1, 0.15) is 5.52 Å². The summed E-state index contributed by atoms with van der Waals surface area (Å²) in [5.74, 6) is 0. The fraction of sp³-hybridized carbons (Fsp3) is 0.538. The Bertz CT molecular complexity index is 578. The molecule has 1 aromatic heterocycles. The van der Waals surface area contributed by atoms with Crippen LogP contribution < -0.4 is 0 Å². The Kier molecular flexibility index (Phi) is 2.34. The van der Waals surface area contributed by atoms with E-state index in [4.69, 9.17) is 0 Å². The van der Waals surface area contributed by atoms with Gasteiger partial charge in [-0.1, -0.05) is 35.0 Å². The van der Waals surface area contributed by atoms with Gasteiger partial charge in [-0.3, -0.25) is 0 Å². The maximum atomic E-state index is 4.31. The summed E-state index contributed by atoms with van der Waals surface area (Å²) >= 11 is 3.58. The molecule has 1 aliphatic carbocycles. The number of fused-ring (bicyclic) bond motifs is 1. The van der Waals surface area contributed by atoms with E-state index < -0.39 is 0 Å². The molecule has 3 nitrogen and oxygen atoms in total. The van der Waals surface area contributed by atoms with Gasteiger partial charge in [-0.2, -0.15) is 0 Å². The number of hydrogen-bond donors (Lipinski definition) is 0. The molecule has 0 atom stereocenters. The third-order valence-electron chi connectivity index (χ3n) is 3.67. The van der Waals surface area contributed by atoms with Crippen molar-refractivity contribution in [1.29, 1.82) is 0 Å². The highest BCUT2D eigenvalue weighted by atomic mass is 79.9. The summed E-state index contributed by atoms with van der Waals surface area (Å²) in [5.41, 5.74) is 3.81. The van der Waals surface area contributed by atoms with Gasteiger partial charge in [-0.15, -0.1) is 5.10 Å². The Morgan fingerprint density at radius 2 is 2.06 bits per heavy atom. The predicted octanol–water partition coefficient (Wildman–Crippen LogP) is 3.86. The van der Waals surface area contributed by atoms with E-state index in [0.29, 0.717) is 11.5 Å². The van der Waals surface area contributed by atoms with E-state index in [2.05, 4.69) is 63.8 Å². The van der Waals surface area contributed by atoms with Crippen molar-refractivity contribution in [3.8, 4) is 0 Å². The molecule has 17 heavy (non-hydrogen) atoms. The van der Waals surface area contributed by atoms with Crippen molar-refractivity contribution in [2.45, 2.75) is 39.7 Å². The minimum Gasteiger partial charge on any atom is -0.242 e. The van der Waals surface area contributed by atoms with Gasteiger partial charge in [0.05, 0.1) is 11.6 Å². The summed E-state index contributed by atoms with van der Waals surface area (Å²) < 4.78 is 3.22. The molecule has 0 radical (unpaired) electrons. The van der Waals surface area contributed by atoms with Crippen molar-refractivity contribution in [3.63, 3.8) is 0 Å². The van der Waals surface area contributed by atoms with Crippen molar-refractivity contribution in [2.24, 2.45) is 5.41 Å². The van der Waals surface area contributed by atoms with Crippen LogP contribution in [0.15, 0.2) is 16.6 Å². The molecule has 1 fully saturated rings. The molecule has 90 valence electrons. The maximum Gasteiger partial charge on any atom is 0.113 e. The monoisotopic (exact) mass is 293 g/mol. The summed E-state index contributed by atoms with van der Waals surface area (Å²) in [6.45, 7) is 6.69. The highest BCUT2D eigenvalue weighted by molar-refractivity contribution is 9.10. The molecule has 0 bridgehead atoms. The first-order chi connectivity index (χ1) is 7.96. The molecule has 0 spiro atoms. The number of halogens is 1. The van der Waals surface area contributed by atoms with Crippen molar-refractivity contribution in [2.75, 3.05) is 0 Å². The Balaban J connectivity index is 2.04. The first-order valence-corrected chi connectivity index (χ1v) is 6.77. The smallest absolute Gasteiger partial charge is 0.113 e. The van der Waals surface area contributed by atoms with Crippen LogP contribution in [0.25, 0.3) is 11.0 Å². The molecule has 0 saturated heterocycles. The van der Waals surface area contributed by atoms with E-state index in [9.17, 15) is 0 Å². The second-order valence-electron chi connectivity index (χ2n) is 5.85. The molecule has 4 heteroatoms. The summed E-state index contributed by atoms with van der Waals surface area (Å²) in [4.78, 5) is 0. The third-order valence-corrected chi connectivity index (χ3v) is 4.53. The molecular formula is C13H16BrN3. The molecule has 1 saturated carbocycles. The standard InChI is InChI=1S/C13H16BrN3/c1-8-4-11-12(5-10(8)14)17(16-15-11)9-6-13(2,3)7-9/h4-5,9H,6-7H2,1-3H3. The number of rotatable bonds is 1. The number of aromatic nitrogens is 3. The van der Waals surface area contributed by atoms with E-state index in [1.54, 1.807) is 0 Å². The van der Waals surface area contributed by atoms with Gasteiger partial charge in [0.15, 0.2) is 0 Å². The van der Waals surface area contributed by atoms with Gasteiger partial charge < -0.3 is 0 Å². The van der Waals surface area contributed by atoms with Gasteiger partial charge in [0, 0.05) is 4.47 Å². The van der Waals surface area contributed by atoms with Crippen LogP contribution in [0.4, 0.5) is 0 Å². The summed E-state index contributed by atoms with van der Waals surface area (Å²) in [5, 5.41) is 8.57. The molecule has 1 heterocycles. The zero-order valence-electron chi connectivity index (χ0n) is 10.4. The van der Waals surface area contributed by atoms with Gasteiger partial charge in [-0.05, 0) is 42.9 Å². The molecular weight excluding hydrogens is 278 g/mol. The zero-order valence-corrected chi connectivity index (χ0v) is 12.0. The molecule has 1 aromatic carbocycles. The molecule has 0 unspecified atom stereocenters. The predicted molar refractivity (Wildman–Crippen MR) is 72.0 cm³/mol. The molecule has 0 aliphatic heterocycles. The van der Waals surface area contributed by atoms with E-state index in [-0.39, 0.29) is 0 Å². The lowest BCUT2D eigenvalue weighted by atomic mass is 9.68. The van der Waals surface area contributed by atoms with Crippen molar-refractivity contribution >= 4 is 27.0 Å². The largest absolute Gasteiger partial charge is 0.242 e. The highest BCUT2D eigenvalue weighted by Crippen LogP contribution is 2.48. The molecule has 2 aromatic rings. The Hall–Kier alpha value is -0.900. The third kappa shape index (κ3) is 1.79. The van der Waals surface area contributed by atoms with Crippen LogP contribution in [0.3, 0.4) is 0 Å². The quantitative estimate of drug-likeness (QED) is 0.799. The minimum atomic E-state index is 0.463. The van der Waals surface area contributed by atoms with Gasteiger partial charge in [-0.25, -0.2) is 4.68 Å². The Morgan fingerprint density at radius 3 is 2.71 bits per heavy atom. The highest BCUT2D eigenvalue weighted by Gasteiger charge is 2.38. The summed E-state index contributed by atoms with van der Waals surface area (Å²) in [6.07, 6.45) is 2.38. The first-order valence-electron chi connectivity index (χ1n) is 5.97. The second-order valence-corrected chi connectivity index (χ2v) is 6.70. The lowest BCUT2D eigenvalue weighted by Crippen LogP contribution is -2.34. The number of aryl methyl sites for hydroxylation is 1. The fourth-order valence-electron chi connectivity index (χ4n) is 2.72. The molecule has 1 aliphatic rings. The zero-order chi connectivity index (χ0) is 12.2. The van der Waals surface area contributed by atoms with Crippen LogP contribution in [-0.2, 0) is 0 Å². The van der Waals surface area contributed by atoms with Crippen LogP contribution in [-0.4, -0.2) is 15.0 Å². The van der Waals surface area contributed by atoms with Crippen LogP contribution >= 0.6 is 15.9 Å². The normalized spacial score (nSPS) is 19.5. The van der Waals surface area contributed by atoms with Crippen LogP contribution in [0.2, 0.25) is 0 Å². The second kappa shape index (κ2) is 3.55. The lowest BCUT2D eigenvalue weighted by Gasteiger charge is -2.42. The lowest BCUT2D eigenvalue weighted by molar-refractivity contribution is 0.0966. The Labute approximate surface area is 109 Å². The Morgan fingerprint density at radius 1 is 1.35 bits per heavy atom. The number of nitrogens with zero attached hydrogens (tertiary/aromatic N) is 3. The van der Waals surface area contributed by atoms with Crippen molar-refractivity contribution in [1.82, 2.24) is 15.0 Å². The van der Waals surface area contributed by atoms with Crippen molar-refractivity contribution in [3.05, 3.63) is 22.2 Å². The first kappa shape index (κ1) is 11.2. The average molecular weight is 294 g/mol. The van der Waals surface area contributed by atoms with E-state index in [0.717, 1.165) is 15.5 Å². The van der Waals surface area contributed by atoms with Crippen LogP contribution in [0.1, 0.15) is 38.3 Å². The molecule has 3 rings (SSSR count). The summed E-state index contributed by atoms with van der Waals surface area (Å²) in [6, 6.07) is 4.74. The van der Waals surface area contributed by atoms with E-state index in [1.807, 2.05) is 0 Å². The van der Waals surface area contributed by atoms with Crippen molar-refractivity contribution < 1.29 is 0 Å². The van der Waals surface area contributed by atoms with Gasteiger partial charge >= 0.3 is 0 Å². The van der Waals surface area contributed by atoms with Crippen LogP contribution in [0.5, 0.6) is 0 Å².